The molecule has 2 heterocycles. The van der Waals surface area contributed by atoms with Gasteiger partial charge in [0.1, 0.15) is 11.3 Å². The predicted molar refractivity (Wildman–Crippen MR) is 102 cm³/mol. The van der Waals surface area contributed by atoms with E-state index in [9.17, 15) is 13.2 Å². The first-order valence-electron chi connectivity index (χ1n) is 7.93. The molecule has 1 aromatic carbocycles. The van der Waals surface area contributed by atoms with Gasteiger partial charge in [0.2, 0.25) is 10.0 Å². The van der Waals surface area contributed by atoms with Crippen molar-refractivity contribution in [1.82, 2.24) is 14.4 Å². The van der Waals surface area contributed by atoms with Crippen molar-refractivity contribution in [3.8, 4) is 11.3 Å². The van der Waals surface area contributed by atoms with E-state index in [4.69, 9.17) is 4.52 Å². The molecule has 8 nitrogen and oxygen atoms in total. The molecule has 3 rings (SSSR count). The fourth-order valence-electron chi connectivity index (χ4n) is 2.44. The number of rotatable bonds is 5. The molecule has 27 heavy (non-hydrogen) atoms. The average Bonchev–Trinajstić information content (AvgIpc) is 3.21. The van der Waals surface area contributed by atoms with Gasteiger partial charge < -0.3 is 4.52 Å². The summed E-state index contributed by atoms with van der Waals surface area (Å²) < 4.78 is 30.4. The molecule has 0 radical (unpaired) electrons. The third-order valence-electron chi connectivity index (χ3n) is 3.91. The van der Waals surface area contributed by atoms with Gasteiger partial charge in [0.25, 0.3) is 5.91 Å². The van der Waals surface area contributed by atoms with Crippen LogP contribution in [0.1, 0.15) is 21.8 Å². The zero-order valence-electron chi connectivity index (χ0n) is 15.2. The van der Waals surface area contributed by atoms with Crippen molar-refractivity contribution in [1.29, 1.82) is 0 Å². The van der Waals surface area contributed by atoms with Crippen molar-refractivity contribution in [3.63, 3.8) is 0 Å². The minimum absolute atomic E-state index is 0.207. The lowest BCUT2D eigenvalue weighted by atomic mass is 10.2. The highest BCUT2D eigenvalue weighted by molar-refractivity contribution is 7.89. The molecular weight excluding hydrogens is 388 g/mol. The molecule has 2 aromatic heterocycles. The van der Waals surface area contributed by atoms with Crippen molar-refractivity contribution < 1.29 is 17.7 Å². The van der Waals surface area contributed by atoms with E-state index in [0.717, 1.165) is 9.87 Å². The van der Waals surface area contributed by atoms with E-state index in [1.807, 2.05) is 0 Å². The van der Waals surface area contributed by atoms with Gasteiger partial charge in [-0.15, -0.1) is 11.3 Å². The first-order chi connectivity index (χ1) is 12.7. The summed E-state index contributed by atoms with van der Waals surface area (Å²) in [6.07, 6.45) is 0. The molecule has 10 heteroatoms. The predicted octanol–water partition coefficient (Wildman–Crippen LogP) is 2.92. The summed E-state index contributed by atoms with van der Waals surface area (Å²) in [5.41, 5.74) is 2.30. The van der Waals surface area contributed by atoms with Crippen LogP contribution in [0.25, 0.3) is 11.3 Å². The lowest BCUT2D eigenvalue weighted by molar-refractivity contribution is 0.102. The number of sulfonamides is 1. The third kappa shape index (κ3) is 3.77. The average molecular weight is 406 g/mol. The molecule has 0 fully saturated rings. The van der Waals surface area contributed by atoms with Crippen LogP contribution in [0.3, 0.4) is 0 Å². The van der Waals surface area contributed by atoms with Gasteiger partial charge >= 0.3 is 0 Å². The number of hydrogen-bond acceptors (Lipinski definition) is 7. The number of anilines is 1. The molecule has 0 aliphatic rings. The zero-order valence-corrected chi connectivity index (χ0v) is 16.8. The maximum Gasteiger partial charge on any atom is 0.262 e. The second kappa shape index (κ2) is 7.22. The van der Waals surface area contributed by atoms with Crippen LogP contribution in [0.5, 0.6) is 0 Å². The molecule has 1 N–H and O–H groups in total. The maximum absolute atomic E-state index is 12.4. The zero-order chi connectivity index (χ0) is 19.8. The summed E-state index contributed by atoms with van der Waals surface area (Å²) in [5.74, 6) is 0.110. The number of amides is 1. The van der Waals surface area contributed by atoms with Gasteiger partial charge in [-0.3, -0.25) is 10.1 Å². The number of benzene rings is 1. The van der Waals surface area contributed by atoms with Crippen LogP contribution in [0.4, 0.5) is 5.13 Å². The summed E-state index contributed by atoms with van der Waals surface area (Å²) in [5, 5.41) is 8.72. The molecule has 142 valence electrons. The van der Waals surface area contributed by atoms with Crippen LogP contribution in [0.2, 0.25) is 0 Å². The van der Waals surface area contributed by atoms with E-state index in [-0.39, 0.29) is 10.8 Å². The summed E-state index contributed by atoms with van der Waals surface area (Å²) in [6.45, 7) is 3.37. The quantitative estimate of drug-likeness (QED) is 0.698. The maximum atomic E-state index is 12.4. The molecule has 0 saturated carbocycles. The molecule has 1 amide bonds. The Kier molecular flexibility index (Phi) is 5.13. The molecule has 0 atom stereocenters. The Bertz CT molecular complexity index is 1060. The highest BCUT2D eigenvalue weighted by atomic mass is 32.2. The van der Waals surface area contributed by atoms with Gasteiger partial charge in [-0.25, -0.2) is 17.7 Å². The summed E-state index contributed by atoms with van der Waals surface area (Å²) >= 11 is 1.28. The van der Waals surface area contributed by atoms with Crippen molar-refractivity contribution in [2.24, 2.45) is 0 Å². The van der Waals surface area contributed by atoms with E-state index < -0.39 is 10.0 Å². The normalized spacial score (nSPS) is 11.7. The van der Waals surface area contributed by atoms with Crippen LogP contribution >= 0.6 is 11.3 Å². The number of thiazole rings is 1. The number of carbonyl (C=O) groups excluding carboxylic acids is 1. The van der Waals surface area contributed by atoms with Gasteiger partial charge in [-0.2, -0.15) is 0 Å². The number of aryl methyl sites for hydroxylation is 2. The summed E-state index contributed by atoms with van der Waals surface area (Å²) in [4.78, 5) is 17.0. The van der Waals surface area contributed by atoms with Crippen molar-refractivity contribution in [2.75, 3.05) is 19.4 Å². The summed E-state index contributed by atoms with van der Waals surface area (Å²) in [6, 6.07) is 6.44. The second-order valence-electron chi connectivity index (χ2n) is 6.00. The van der Waals surface area contributed by atoms with Gasteiger partial charge in [0.05, 0.1) is 16.3 Å². The van der Waals surface area contributed by atoms with Crippen LogP contribution in [-0.4, -0.2) is 42.9 Å². The van der Waals surface area contributed by atoms with Gasteiger partial charge in [-0.05, 0) is 26.0 Å². The van der Waals surface area contributed by atoms with E-state index in [0.29, 0.717) is 27.8 Å². The van der Waals surface area contributed by atoms with E-state index >= 15 is 0 Å². The minimum Gasteiger partial charge on any atom is -0.361 e. The highest BCUT2D eigenvalue weighted by Crippen LogP contribution is 2.27. The number of carbonyl (C=O) groups is 1. The first kappa shape index (κ1) is 19.2. The standard InChI is InChI=1S/C17H18N4O4S2/c1-10-15(11(2)25-20-10)16(22)19-17-18-14(9-26-17)12-5-7-13(8-6-12)27(23,24)21(3)4/h5-9H,1-4H3,(H,18,19,22). The van der Waals surface area contributed by atoms with Gasteiger partial charge in [0.15, 0.2) is 5.13 Å². The topological polar surface area (TPSA) is 105 Å². The smallest absolute Gasteiger partial charge is 0.262 e. The molecule has 0 aliphatic carbocycles. The molecule has 0 unspecified atom stereocenters. The SMILES string of the molecule is Cc1noc(C)c1C(=O)Nc1nc(-c2ccc(S(=O)(=O)N(C)C)cc2)cs1. The number of hydrogen-bond donors (Lipinski definition) is 1. The minimum atomic E-state index is -3.48. The van der Waals surface area contributed by atoms with Crippen LogP contribution in [0.15, 0.2) is 39.1 Å². The Labute approximate surface area is 160 Å². The van der Waals surface area contributed by atoms with E-state index in [1.165, 1.54) is 37.6 Å². The van der Waals surface area contributed by atoms with Crippen molar-refractivity contribution in [3.05, 3.63) is 46.7 Å². The Morgan fingerprint density at radius 1 is 1.19 bits per heavy atom. The fourth-order valence-corrected chi connectivity index (χ4v) is 4.06. The Hall–Kier alpha value is -2.56. The second-order valence-corrected chi connectivity index (χ2v) is 9.01. The Balaban J connectivity index is 1.79. The monoisotopic (exact) mass is 406 g/mol. The Morgan fingerprint density at radius 2 is 1.85 bits per heavy atom. The largest absolute Gasteiger partial charge is 0.361 e. The Morgan fingerprint density at radius 3 is 2.41 bits per heavy atom. The number of nitrogens with one attached hydrogen (secondary N) is 1. The molecular formula is C17H18N4O4S2. The van der Waals surface area contributed by atoms with Crippen LogP contribution in [0, 0.1) is 13.8 Å². The number of nitrogens with zero attached hydrogens (tertiary/aromatic N) is 3. The molecule has 0 saturated heterocycles. The molecule has 0 spiro atoms. The lowest BCUT2D eigenvalue weighted by Gasteiger charge is -2.11. The van der Waals surface area contributed by atoms with Gasteiger partial charge in [-0.1, -0.05) is 17.3 Å². The molecule has 0 aliphatic heterocycles. The van der Waals surface area contributed by atoms with E-state index in [2.05, 4.69) is 15.5 Å². The molecule has 0 bridgehead atoms. The van der Waals surface area contributed by atoms with Crippen molar-refractivity contribution in [2.45, 2.75) is 18.7 Å². The van der Waals surface area contributed by atoms with Crippen LogP contribution < -0.4 is 5.32 Å². The first-order valence-corrected chi connectivity index (χ1v) is 10.2. The lowest BCUT2D eigenvalue weighted by Crippen LogP contribution is -2.22. The molecule has 3 aromatic rings. The third-order valence-corrected chi connectivity index (χ3v) is 6.50. The van der Waals surface area contributed by atoms with Crippen LogP contribution in [-0.2, 0) is 10.0 Å². The highest BCUT2D eigenvalue weighted by Gasteiger charge is 2.19. The van der Waals surface area contributed by atoms with Gasteiger partial charge in [0, 0.05) is 25.0 Å². The summed E-state index contributed by atoms with van der Waals surface area (Å²) in [7, 11) is -0.509. The number of aromatic nitrogens is 2. The van der Waals surface area contributed by atoms with E-state index in [1.54, 1.807) is 31.4 Å². The van der Waals surface area contributed by atoms with Crippen molar-refractivity contribution >= 4 is 32.4 Å². The fraction of sp³-hybridized carbons (Fsp3) is 0.235.